The first-order valence-corrected chi connectivity index (χ1v) is 6.80. The minimum absolute atomic E-state index is 0.00447. The van der Waals surface area contributed by atoms with Crippen LogP contribution in [0.4, 0.5) is 0 Å². The van der Waals surface area contributed by atoms with Gasteiger partial charge in [-0.25, -0.2) is 0 Å². The molecule has 2 rings (SSSR count). The Kier molecular flexibility index (Phi) is 5.21. The predicted octanol–water partition coefficient (Wildman–Crippen LogP) is 2.95. The number of carbonyl (C=O) groups is 1. The van der Waals surface area contributed by atoms with E-state index in [0.717, 1.165) is 11.3 Å². The van der Waals surface area contributed by atoms with Crippen molar-refractivity contribution >= 4 is 5.91 Å². The zero-order valence-electron chi connectivity index (χ0n) is 12.2. The zero-order chi connectivity index (χ0) is 15.1. The molecule has 0 aliphatic rings. The summed E-state index contributed by atoms with van der Waals surface area (Å²) in [6, 6.07) is 16.8. The Balaban J connectivity index is 1.83. The van der Waals surface area contributed by atoms with Gasteiger partial charge in [0.15, 0.2) is 6.61 Å². The minimum atomic E-state index is -0.151. The summed E-state index contributed by atoms with van der Waals surface area (Å²) >= 11 is 0. The summed E-state index contributed by atoms with van der Waals surface area (Å²) in [5.41, 5.74) is 1.02. The Morgan fingerprint density at radius 2 is 1.71 bits per heavy atom. The zero-order valence-corrected chi connectivity index (χ0v) is 12.2. The fraction of sp³-hybridized carbons (Fsp3) is 0.235. The number of carbonyl (C=O) groups excluding carboxylic acids is 1. The van der Waals surface area contributed by atoms with Gasteiger partial charge in [-0.3, -0.25) is 4.79 Å². The fourth-order valence-corrected chi connectivity index (χ4v) is 1.92. The Labute approximate surface area is 124 Å². The maximum Gasteiger partial charge on any atom is 0.258 e. The number of hydrogen-bond acceptors (Lipinski definition) is 3. The molecule has 110 valence electrons. The van der Waals surface area contributed by atoms with E-state index < -0.39 is 0 Å². The van der Waals surface area contributed by atoms with Crippen LogP contribution in [0.1, 0.15) is 18.5 Å². The first-order valence-electron chi connectivity index (χ1n) is 6.80. The summed E-state index contributed by atoms with van der Waals surface area (Å²) < 4.78 is 10.5. The average Bonchev–Trinajstić information content (AvgIpc) is 2.54. The minimum Gasteiger partial charge on any atom is -0.497 e. The molecule has 0 aliphatic heterocycles. The molecule has 2 aromatic rings. The van der Waals surface area contributed by atoms with Crippen LogP contribution in [0.3, 0.4) is 0 Å². The maximum atomic E-state index is 11.9. The van der Waals surface area contributed by atoms with Gasteiger partial charge in [-0.1, -0.05) is 30.3 Å². The number of para-hydroxylation sites is 1. The van der Waals surface area contributed by atoms with Gasteiger partial charge in [0.2, 0.25) is 0 Å². The summed E-state index contributed by atoms with van der Waals surface area (Å²) in [5.74, 6) is 1.33. The molecule has 0 bridgehead atoms. The Hall–Kier alpha value is -2.49. The van der Waals surface area contributed by atoms with Crippen molar-refractivity contribution in [3.8, 4) is 11.5 Å². The van der Waals surface area contributed by atoms with E-state index in [9.17, 15) is 4.79 Å². The molecule has 21 heavy (non-hydrogen) atoms. The molecule has 0 aromatic heterocycles. The average molecular weight is 285 g/mol. The number of methoxy groups -OCH3 is 1. The van der Waals surface area contributed by atoms with Gasteiger partial charge in [0.05, 0.1) is 13.2 Å². The second kappa shape index (κ2) is 7.33. The van der Waals surface area contributed by atoms with E-state index in [4.69, 9.17) is 9.47 Å². The quantitative estimate of drug-likeness (QED) is 0.887. The van der Waals surface area contributed by atoms with E-state index in [1.165, 1.54) is 0 Å². The van der Waals surface area contributed by atoms with E-state index in [1.807, 2.05) is 61.5 Å². The van der Waals surface area contributed by atoms with Crippen molar-refractivity contribution in [2.24, 2.45) is 0 Å². The summed E-state index contributed by atoms with van der Waals surface area (Å²) in [4.78, 5) is 11.9. The molecule has 0 saturated carbocycles. The molecule has 1 atom stereocenters. The van der Waals surface area contributed by atoms with Gasteiger partial charge in [0, 0.05) is 0 Å². The SMILES string of the molecule is COc1ccc([C@@H](C)NC(=O)COc2ccccc2)cc1. The molecular weight excluding hydrogens is 266 g/mol. The Morgan fingerprint density at radius 1 is 1.05 bits per heavy atom. The molecule has 0 spiro atoms. The van der Waals surface area contributed by atoms with Crippen LogP contribution in [0, 0.1) is 0 Å². The van der Waals surface area contributed by atoms with Crippen molar-refractivity contribution in [2.75, 3.05) is 13.7 Å². The van der Waals surface area contributed by atoms with Crippen molar-refractivity contribution in [3.63, 3.8) is 0 Å². The van der Waals surface area contributed by atoms with Crippen LogP contribution >= 0.6 is 0 Å². The summed E-state index contributed by atoms with van der Waals surface area (Å²) in [5, 5.41) is 2.90. The topological polar surface area (TPSA) is 47.6 Å². The molecule has 2 aromatic carbocycles. The summed E-state index contributed by atoms with van der Waals surface area (Å²) in [7, 11) is 1.63. The number of nitrogens with one attached hydrogen (secondary N) is 1. The smallest absolute Gasteiger partial charge is 0.258 e. The van der Waals surface area contributed by atoms with Gasteiger partial charge in [0.25, 0.3) is 5.91 Å². The second-order valence-corrected chi connectivity index (χ2v) is 4.66. The lowest BCUT2D eigenvalue weighted by molar-refractivity contribution is -0.123. The van der Waals surface area contributed by atoms with Crippen LogP contribution in [0.15, 0.2) is 54.6 Å². The fourth-order valence-electron chi connectivity index (χ4n) is 1.92. The number of benzene rings is 2. The van der Waals surface area contributed by atoms with Crippen LogP contribution in [-0.4, -0.2) is 19.6 Å². The van der Waals surface area contributed by atoms with Crippen LogP contribution in [-0.2, 0) is 4.79 Å². The molecule has 0 saturated heterocycles. The molecule has 1 amide bonds. The molecule has 0 heterocycles. The predicted molar refractivity (Wildman–Crippen MR) is 81.5 cm³/mol. The molecule has 4 heteroatoms. The lowest BCUT2D eigenvalue weighted by Crippen LogP contribution is -2.31. The van der Waals surface area contributed by atoms with E-state index in [1.54, 1.807) is 7.11 Å². The van der Waals surface area contributed by atoms with Crippen molar-refractivity contribution in [2.45, 2.75) is 13.0 Å². The van der Waals surface area contributed by atoms with Crippen LogP contribution in [0.2, 0.25) is 0 Å². The largest absolute Gasteiger partial charge is 0.497 e. The number of hydrogen-bond donors (Lipinski definition) is 1. The van der Waals surface area contributed by atoms with Gasteiger partial charge >= 0.3 is 0 Å². The Bertz CT molecular complexity index is 566. The van der Waals surface area contributed by atoms with Crippen LogP contribution < -0.4 is 14.8 Å². The standard InChI is InChI=1S/C17H19NO3/c1-13(14-8-10-15(20-2)11-9-14)18-17(19)12-21-16-6-4-3-5-7-16/h3-11,13H,12H2,1-2H3,(H,18,19)/t13-/m1/s1. The highest BCUT2D eigenvalue weighted by molar-refractivity contribution is 5.78. The van der Waals surface area contributed by atoms with Crippen molar-refractivity contribution in [3.05, 3.63) is 60.2 Å². The number of ether oxygens (including phenoxy) is 2. The normalized spacial score (nSPS) is 11.5. The molecular formula is C17H19NO3. The second-order valence-electron chi connectivity index (χ2n) is 4.66. The molecule has 0 aliphatic carbocycles. The van der Waals surface area contributed by atoms with E-state index >= 15 is 0 Å². The van der Waals surface area contributed by atoms with Crippen LogP contribution in [0.5, 0.6) is 11.5 Å². The third-order valence-electron chi connectivity index (χ3n) is 3.11. The lowest BCUT2D eigenvalue weighted by atomic mass is 10.1. The molecule has 0 unspecified atom stereocenters. The van der Waals surface area contributed by atoms with Crippen molar-refractivity contribution in [1.82, 2.24) is 5.32 Å². The van der Waals surface area contributed by atoms with Gasteiger partial charge in [-0.15, -0.1) is 0 Å². The molecule has 0 radical (unpaired) electrons. The van der Waals surface area contributed by atoms with Gasteiger partial charge in [-0.2, -0.15) is 0 Å². The van der Waals surface area contributed by atoms with Crippen molar-refractivity contribution < 1.29 is 14.3 Å². The highest BCUT2D eigenvalue weighted by Gasteiger charge is 2.10. The summed E-state index contributed by atoms with van der Waals surface area (Å²) in [6.45, 7) is 1.94. The lowest BCUT2D eigenvalue weighted by Gasteiger charge is -2.15. The third kappa shape index (κ3) is 4.53. The van der Waals surface area contributed by atoms with Gasteiger partial charge < -0.3 is 14.8 Å². The summed E-state index contributed by atoms with van der Waals surface area (Å²) in [6.07, 6.45) is 0. The first-order chi connectivity index (χ1) is 10.2. The third-order valence-corrected chi connectivity index (χ3v) is 3.11. The monoisotopic (exact) mass is 285 g/mol. The highest BCUT2D eigenvalue weighted by atomic mass is 16.5. The molecule has 1 N–H and O–H groups in total. The van der Waals surface area contributed by atoms with E-state index in [2.05, 4.69) is 5.32 Å². The number of rotatable bonds is 6. The maximum absolute atomic E-state index is 11.9. The first kappa shape index (κ1) is 14.9. The molecule has 4 nitrogen and oxygen atoms in total. The molecule has 0 fully saturated rings. The highest BCUT2D eigenvalue weighted by Crippen LogP contribution is 2.17. The van der Waals surface area contributed by atoms with Gasteiger partial charge in [0.1, 0.15) is 11.5 Å². The van der Waals surface area contributed by atoms with Crippen molar-refractivity contribution in [1.29, 1.82) is 0 Å². The van der Waals surface area contributed by atoms with Crippen LogP contribution in [0.25, 0.3) is 0 Å². The van der Waals surface area contributed by atoms with E-state index in [-0.39, 0.29) is 18.6 Å². The number of amides is 1. The van der Waals surface area contributed by atoms with Gasteiger partial charge in [-0.05, 0) is 36.8 Å². The Morgan fingerprint density at radius 3 is 2.33 bits per heavy atom. The van der Waals surface area contributed by atoms with E-state index in [0.29, 0.717) is 5.75 Å².